The van der Waals surface area contributed by atoms with Gasteiger partial charge in [-0.1, -0.05) is 127 Å². The minimum absolute atomic E-state index is 0.682. The van der Waals surface area contributed by atoms with Crippen molar-refractivity contribution in [2.24, 2.45) is 0 Å². The summed E-state index contributed by atoms with van der Waals surface area (Å²) in [5.41, 5.74) is 9.31. The number of aromatic nitrogens is 3. The zero-order chi connectivity index (χ0) is 33.7. The van der Waals surface area contributed by atoms with Gasteiger partial charge in [-0.15, -0.1) is 11.3 Å². The van der Waals surface area contributed by atoms with Crippen LogP contribution in [0.1, 0.15) is 0 Å². The predicted octanol–water partition coefficient (Wildman–Crippen LogP) is 12.9. The Hall–Kier alpha value is -6.49. The summed E-state index contributed by atoms with van der Waals surface area (Å²) in [6, 6.07) is 58.3. The predicted molar refractivity (Wildman–Crippen MR) is 215 cm³/mol. The SMILES string of the molecule is c1cncc(-c2ccccc2-c2nc(-c3ccc(-c4cc5ccccc5c5ccccc45)cc3)cc(-c3ccc4sc5ccccc5c4c3)n2)c1. The first-order valence-corrected chi connectivity index (χ1v) is 17.9. The van der Waals surface area contributed by atoms with Gasteiger partial charge in [-0.3, -0.25) is 4.98 Å². The van der Waals surface area contributed by atoms with Gasteiger partial charge in [-0.05, 0) is 74.6 Å². The van der Waals surface area contributed by atoms with Crippen molar-refractivity contribution in [1.82, 2.24) is 15.0 Å². The first-order chi connectivity index (χ1) is 25.3. The minimum Gasteiger partial charge on any atom is -0.264 e. The largest absolute Gasteiger partial charge is 0.264 e. The standard InChI is InChI=1S/C47H29N3S/c1-2-12-35-32(10-1)26-41(38-15-5-4-14-37(35)38)30-19-21-31(22-20-30)43-28-44(33-23-24-46-42(27-33)39-16-7-8-18-45(39)51-46)50-47(49-43)40-17-6-3-13-36(40)34-11-9-25-48-29-34/h1-29H. The van der Waals surface area contributed by atoms with Gasteiger partial charge in [0.2, 0.25) is 0 Å². The molecule has 0 saturated carbocycles. The second-order valence-corrected chi connectivity index (χ2v) is 13.9. The molecule has 238 valence electrons. The van der Waals surface area contributed by atoms with Crippen molar-refractivity contribution in [2.75, 3.05) is 0 Å². The molecule has 0 N–H and O–H groups in total. The molecule has 7 aromatic carbocycles. The Morgan fingerprint density at radius 2 is 1.02 bits per heavy atom. The van der Waals surface area contributed by atoms with Crippen LogP contribution in [0.25, 0.3) is 97.9 Å². The highest BCUT2D eigenvalue weighted by molar-refractivity contribution is 7.25. The molecule has 0 saturated heterocycles. The number of thiophene rings is 1. The van der Waals surface area contributed by atoms with Crippen LogP contribution in [0.3, 0.4) is 0 Å². The third-order valence-corrected chi connectivity index (χ3v) is 11.0. The van der Waals surface area contributed by atoms with Crippen LogP contribution in [0.4, 0.5) is 0 Å². The normalized spacial score (nSPS) is 11.5. The van der Waals surface area contributed by atoms with Crippen LogP contribution in [0.2, 0.25) is 0 Å². The van der Waals surface area contributed by atoms with Crippen molar-refractivity contribution >= 4 is 53.1 Å². The van der Waals surface area contributed by atoms with E-state index in [0.717, 1.165) is 39.2 Å². The van der Waals surface area contributed by atoms with Gasteiger partial charge in [0.1, 0.15) is 0 Å². The van der Waals surface area contributed by atoms with E-state index in [-0.39, 0.29) is 0 Å². The Labute approximate surface area is 299 Å². The molecule has 0 aliphatic rings. The van der Waals surface area contributed by atoms with Crippen molar-refractivity contribution < 1.29 is 0 Å². The number of fused-ring (bicyclic) bond motifs is 6. The fourth-order valence-electron chi connectivity index (χ4n) is 7.31. The third kappa shape index (κ3) is 5.16. The molecular weight excluding hydrogens is 639 g/mol. The Morgan fingerprint density at radius 3 is 1.84 bits per heavy atom. The molecule has 10 aromatic rings. The zero-order valence-electron chi connectivity index (χ0n) is 27.5. The molecule has 0 fully saturated rings. The maximum absolute atomic E-state index is 5.26. The topological polar surface area (TPSA) is 38.7 Å². The van der Waals surface area contributed by atoms with Crippen molar-refractivity contribution in [1.29, 1.82) is 0 Å². The van der Waals surface area contributed by atoms with Gasteiger partial charge in [0.05, 0.1) is 11.4 Å². The number of pyridine rings is 1. The lowest BCUT2D eigenvalue weighted by molar-refractivity contribution is 1.18. The van der Waals surface area contributed by atoms with Gasteiger partial charge >= 0.3 is 0 Å². The summed E-state index contributed by atoms with van der Waals surface area (Å²) >= 11 is 1.83. The highest BCUT2D eigenvalue weighted by Crippen LogP contribution is 2.39. The molecule has 4 heteroatoms. The molecule has 3 aromatic heterocycles. The highest BCUT2D eigenvalue weighted by atomic mass is 32.1. The smallest absolute Gasteiger partial charge is 0.161 e. The lowest BCUT2D eigenvalue weighted by atomic mass is 9.92. The number of nitrogens with zero attached hydrogens (tertiary/aromatic N) is 3. The number of hydrogen-bond acceptors (Lipinski definition) is 4. The van der Waals surface area contributed by atoms with E-state index in [4.69, 9.17) is 9.97 Å². The fourth-order valence-corrected chi connectivity index (χ4v) is 8.40. The molecular formula is C47H29N3S. The van der Waals surface area contributed by atoms with Crippen LogP contribution in [-0.4, -0.2) is 15.0 Å². The lowest BCUT2D eigenvalue weighted by Crippen LogP contribution is -1.97. The van der Waals surface area contributed by atoms with Gasteiger partial charge in [-0.25, -0.2) is 9.97 Å². The number of benzene rings is 7. The first kappa shape index (κ1) is 29.4. The van der Waals surface area contributed by atoms with Crippen molar-refractivity contribution in [3.05, 3.63) is 176 Å². The number of rotatable bonds is 5. The third-order valence-electron chi connectivity index (χ3n) is 9.80. The summed E-state index contributed by atoms with van der Waals surface area (Å²) < 4.78 is 2.56. The van der Waals surface area contributed by atoms with Crippen LogP contribution in [0, 0.1) is 0 Å². The Morgan fingerprint density at radius 1 is 0.373 bits per heavy atom. The zero-order valence-corrected chi connectivity index (χ0v) is 28.3. The van der Waals surface area contributed by atoms with Crippen LogP contribution in [0.5, 0.6) is 0 Å². The van der Waals surface area contributed by atoms with E-state index in [1.807, 2.05) is 23.6 Å². The summed E-state index contributed by atoms with van der Waals surface area (Å²) in [6.07, 6.45) is 3.70. The Bertz CT molecular complexity index is 2910. The Balaban J connectivity index is 1.14. The van der Waals surface area contributed by atoms with E-state index in [9.17, 15) is 0 Å². The monoisotopic (exact) mass is 667 g/mol. The molecule has 0 spiro atoms. The summed E-state index contributed by atoms with van der Waals surface area (Å²) in [6.45, 7) is 0. The van der Waals surface area contributed by atoms with Crippen LogP contribution >= 0.6 is 11.3 Å². The van der Waals surface area contributed by atoms with Crippen molar-refractivity contribution in [3.63, 3.8) is 0 Å². The van der Waals surface area contributed by atoms with E-state index >= 15 is 0 Å². The Kier molecular flexibility index (Phi) is 7.00. The van der Waals surface area contributed by atoms with Crippen LogP contribution < -0.4 is 0 Å². The van der Waals surface area contributed by atoms with Crippen LogP contribution in [0.15, 0.2) is 176 Å². The van der Waals surface area contributed by atoms with Gasteiger partial charge in [-0.2, -0.15) is 0 Å². The average molecular weight is 668 g/mol. The second-order valence-electron chi connectivity index (χ2n) is 12.8. The summed E-state index contributed by atoms with van der Waals surface area (Å²) in [5.74, 6) is 0.682. The molecule has 0 unspecified atom stereocenters. The van der Waals surface area contributed by atoms with E-state index in [0.29, 0.717) is 5.82 Å². The molecule has 0 radical (unpaired) electrons. The van der Waals surface area contributed by atoms with E-state index in [1.165, 1.54) is 52.8 Å². The molecule has 0 bridgehead atoms. The average Bonchev–Trinajstić information content (AvgIpc) is 3.59. The van der Waals surface area contributed by atoms with Crippen molar-refractivity contribution in [2.45, 2.75) is 0 Å². The maximum Gasteiger partial charge on any atom is 0.161 e. The summed E-state index contributed by atoms with van der Waals surface area (Å²) in [7, 11) is 0. The lowest BCUT2D eigenvalue weighted by Gasteiger charge is -2.14. The number of hydrogen-bond donors (Lipinski definition) is 0. The molecule has 0 amide bonds. The fraction of sp³-hybridized carbons (Fsp3) is 0. The van der Waals surface area contributed by atoms with E-state index in [2.05, 4.69) is 163 Å². The quantitative estimate of drug-likeness (QED) is 0.171. The first-order valence-electron chi connectivity index (χ1n) is 17.1. The molecule has 0 aliphatic heterocycles. The molecule has 10 rings (SSSR count). The van der Waals surface area contributed by atoms with E-state index < -0.39 is 0 Å². The van der Waals surface area contributed by atoms with E-state index in [1.54, 1.807) is 6.20 Å². The second kappa shape index (κ2) is 12.1. The van der Waals surface area contributed by atoms with Crippen LogP contribution in [-0.2, 0) is 0 Å². The van der Waals surface area contributed by atoms with Gasteiger partial charge in [0, 0.05) is 54.8 Å². The highest BCUT2D eigenvalue weighted by Gasteiger charge is 2.16. The van der Waals surface area contributed by atoms with Gasteiger partial charge in [0.25, 0.3) is 0 Å². The molecule has 3 nitrogen and oxygen atoms in total. The minimum atomic E-state index is 0.682. The van der Waals surface area contributed by atoms with Gasteiger partial charge < -0.3 is 0 Å². The molecule has 51 heavy (non-hydrogen) atoms. The molecule has 0 atom stereocenters. The molecule has 3 heterocycles. The summed E-state index contributed by atoms with van der Waals surface area (Å²) in [4.78, 5) is 14.9. The van der Waals surface area contributed by atoms with Gasteiger partial charge in [0.15, 0.2) is 5.82 Å². The summed E-state index contributed by atoms with van der Waals surface area (Å²) in [5, 5.41) is 7.55. The van der Waals surface area contributed by atoms with Crippen molar-refractivity contribution in [3.8, 4) is 56.2 Å². The molecule has 0 aliphatic carbocycles. The maximum atomic E-state index is 5.26.